The second kappa shape index (κ2) is 6.89. The van der Waals surface area contributed by atoms with Crippen molar-refractivity contribution in [3.05, 3.63) is 75.2 Å². The van der Waals surface area contributed by atoms with Gasteiger partial charge in [0.1, 0.15) is 11.6 Å². The fourth-order valence-electron chi connectivity index (χ4n) is 3.48. The van der Waals surface area contributed by atoms with Crippen LogP contribution < -0.4 is 11.3 Å². The molecule has 4 N–H and O–H groups in total. The molecule has 6 heteroatoms. The van der Waals surface area contributed by atoms with Gasteiger partial charge in [-0.25, -0.2) is 4.98 Å². The summed E-state index contributed by atoms with van der Waals surface area (Å²) in [6.45, 7) is 3.80. The monoisotopic (exact) mass is 362 g/mol. The highest BCUT2D eigenvalue weighted by Crippen LogP contribution is 2.25. The van der Waals surface area contributed by atoms with Crippen molar-refractivity contribution in [3.8, 4) is 17.1 Å². The molecule has 4 rings (SSSR count). The van der Waals surface area contributed by atoms with E-state index in [4.69, 9.17) is 5.73 Å². The summed E-state index contributed by atoms with van der Waals surface area (Å²) in [6.07, 6.45) is 0.702. The number of phenols is 1. The number of nitrogen functional groups attached to an aromatic ring is 1. The number of aryl methyl sites for hydroxylation is 1. The number of phenolic OH excluding ortho intramolecular Hbond substituents is 1. The number of benzene rings is 2. The van der Waals surface area contributed by atoms with Crippen LogP contribution in [0.4, 0.5) is 5.69 Å². The van der Waals surface area contributed by atoms with E-state index < -0.39 is 0 Å². The number of nitrogens with zero attached hydrogens (tertiary/aromatic N) is 2. The smallest absolute Gasteiger partial charge is 0.255 e. The molecule has 138 valence electrons. The fourth-order valence-corrected chi connectivity index (χ4v) is 3.48. The number of aromatic nitrogens is 2. The highest BCUT2D eigenvalue weighted by molar-refractivity contribution is 5.58. The van der Waals surface area contributed by atoms with Crippen LogP contribution in [0.5, 0.6) is 5.75 Å². The molecule has 0 atom stereocenters. The topological polar surface area (TPSA) is 95.2 Å². The Kier molecular flexibility index (Phi) is 4.41. The Balaban J connectivity index is 1.59. The average Bonchev–Trinajstić information content (AvgIpc) is 2.66. The van der Waals surface area contributed by atoms with E-state index in [0.717, 1.165) is 28.9 Å². The van der Waals surface area contributed by atoms with Crippen molar-refractivity contribution < 1.29 is 5.11 Å². The molecule has 1 aliphatic rings. The Morgan fingerprint density at radius 1 is 1.22 bits per heavy atom. The number of para-hydroxylation sites is 1. The van der Waals surface area contributed by atoms with Gasteiger partial charge in [-0.2, -0.15) is 0 Å². The minimum atomic E-state index is -0.106. The number of anilines is 1. The first kappa shape index (κ1) is 17.3. The molecule has 0 radical (unpaired) electrons. The van der Waals surface area contributed by atoms with Crippen molar-refractivity contribution in [3.63, 3.8) is 0 Å². The Hall–Kier alpha value is -3.12. The first-order valence-electron chi connectivity index (χ1n) is 8.99. The van der Waals surface area contributed by atoms with E-state index in [9.17, 15) is 9.90 Å². The largest absolute Gasteiger partial charge is 0.507 e. The van der Waals surface area contributed by atoms with Gasteiger partial charge in [0.25, 0.3) is 5.56 Å². The molecular formula is C21H22N4O2. The van der Waals surface area contributed by atoms with Gasteiger partial charge < -0.3 is 15.8 Å². The zero-order valence-electron chi connectivity index (χ0n) is 15.2. The maximum atomic E-state index is 12.6. The highest BCUT2D eigenvalue weighted by Gasteiger charge is 2.22. The molecular weight excluding hydrogens is 340 g/mol. The van der Waals surface area contributed by atoms with Crippen molar-refractivity contribution in [2.24, 2.45) is 0 Å². The molecule has 0 aliphatic carbocycles. The number of H-pyrrole nitrogens is 1. The van der Waals surface area contributed by atoms with Gasteiger partial charge >= 0.3 is 0 Å². The summed E-state index contributed by atoms with van der Waals surface area (Å²) >= 11 is 0. The lowest BCUT2D eigenvalue weighted by molar-refractivity contribution is 0.238. The molecule has 0 unspecified atom stereocenters. The van der Waals surface area contributed by atoms with Crippen LogP contribution in [-0.2, 0) is 19.5 Å². The maximum absolute atomic E-state index is 12.6. The van der Waals surface area contributed by atoms with Gasteiger partial charge in [-0.1, -0.05) is 18.2 Å². The van der Waals surface area contributed by atoms with Crippen molar-refractivity contribution in [2.45, 2.75) is 26.4 Å². The summed E-state index contributed by atoms with van der Waals surface area (Å²) in [6, 6.07) is 13.1. The standard InChI is InChI=1S/C21H22N4O2/c1-13-3-2-4-15(19(13)26)11-25-10-9-18-17(12-25)21(27)24-20(23-18)14-5-7-16(22)8-6-14/h2-8,26H,9-12,22H2,1H3,(H,23,24,27). The van der Waals surface area contributed by atoms with Gasteiger partial charge in [-0.3, -0.25) is 9.69 Å². The molecule has 0 bridgehead atoms. The minimum absolute atomic E-state index is 0.106. The van der Waals surface area contributed by atoms with Crippen LogP contribution in [0.2, 0.25) is 0 Å². The molecule has 2 heterocycles. The molecule has 0 amide bonds. The van der Waals surface area contributed by atoms with Crippen molar-refractivity contribution in [1.82, 2.24) is 14.9 Å². The van der Waals surface area contributed by atoms with E-state index >= 15 is 0 Å². The number of rotatable bonds is 3. The Morgan fingerprint density at radius 3 is 2.78 bits per heavy atom. The predicted molar refractivity (Wildman–Crippen MR) is 105 cm³/mol. The third kappa shape index (κ3) is 3.44. The molecule has 0 fully saturated rings. The molecule has 6 nitrogen and oxygen atoms in total. The van der Waals surface area contributed by atoms with E-state index in [2.05, 4.69) is 14.9 Å². The SMILES string of the molecule is Cc1cccc(CN2CCc3nc(-c4ccc(N)cc4)[nH]c(=O)c3C2)c1O. The fraction of sp³-hybridized carbons (Fsp3) is 0.238. The third-order valence-electron chi connectivity index (χ3n) is 5.05. The minimum Gasteiger partial charge on any atom is -0.507 e. The van der Waals surface area contributed by atoms with Crippen molar-refractivity contribution in [1.29, 1.82) is 0 Å². The van der Waals surface area contributed by atoms with Crippen LogP contribution in [0, 0.1) is 6.92 Å². The number of fused-ring (bicyclic) bond motifs is 1. The summed E-state index contributed by atoms with van der Waals surface area (Å²) < 4.78 is 0. The van der Waals surface area contributed by atoms with Crippen LogP contribution in [0.3, 0.4) is 0 Å². The van der Waals surface area contributed by atoms with Crippen LogP contribution in [0.25, 0.3) is 11.4 Å². The molecule has 0 spiro atoms. The molecule has 2 aromatic carbocycles. The van der Waals surface area contributed by atoms with Gasteiger partial charge in [-0.05, 0) is 36.8 Å². The summed E-state index contributed by atoms with van der Waals surface area (Å²) in [5, 5.41) is 10.2. The third-order valence-corrected chi connectivity index (χ3v) is 5.05. The van der Waals surface area contributed by atoms with Gasteiger partial charge in [0, 0.05) is 42.9 Å². The van der Waals surface area contributed by atoms with E-state index in [0.29, 0.717) is 42.3 Å². The van der Waals surface area contributed by atoms with Crippen LogP contribution in [-0.4, -0.2) is 26.5 Å². The number of hydrogen-bond acceptors (Lipinski definition) is 5. The Labute approximate surface area is 157 Å². The first-order valence-corrected chi connectivity index (χ1v) is 8.99. The average molecular weight is 362 g/mol. The van der Waals surface area contributed by atoms with E-state index in [-0.39, 0.29) is 5.56 Å². The van der Waals surface area contributed by atoms with Gasteiger partial charge in [0.2, 0.25) is 0 Å². The van der Waals surface area contributed by atoms with Crippen LogP contribution >= 0.6 is 0 Å². The van der Waals surface area contributed by atoms with Gasteiger partial charge in [-0.15, -0.1) is 0 Å². The van der Waals surface area contributed by atoms with Crippen LogP contribution in [0.1, 0.15) is 22.4 Å². The molecule has 0 saturated carbocycles. The number of aromatic amines is 1. The molecule has 0 saturated heterocycles. The summed E-state index contributed by atoms with van der Waals surface area (Å²) in [7, 11) is 0. The maximum Gasteiger partial charge on any atom is 0.255 e. The summed E-state index contributed by atoms with van der Waals surface area (Å²) in [5.74, 6) is 0.901. The second-order valence-corrected chi connectivity index (χ2v) is 7.01. The molecule has 1 aliphatic heterocycles. The lowest BCUT2D eigenvalue weighted by atomic mass is 10.0. The number of nitrogens with one attached hydrogen (secondary N) is 1. The summed E-state index contributed by atoms with van der Waals surface area (Å²) in [4.78, 5) is 22.4. The van der Waals surface area contributed by atoms with E-state index in [1.54, 1.807) is 12.1 Å². The molecule has 27 heavy (non-hydrogen) atoms. The zero-order chi connectivity index (χ0) is 19.0. The lowest BCUT2D eigenvalue weighted by Gasteiger charge is -2.28. The van der Waals surface area contributed by atoms with E-state index in [1.807, 2.05) is 37.3 Å². The Morgan fingerprint density at radius 2 is 2.00 bits per heavy atom. The van der Waals surface area contributed by atoms with E-state index in [1.165, 1.54) is 0 Å². The van der Waals surface area contributed by atoms with Crippen molar-refractivity contribution >= 4 is 5.69 Å². The van der Waals surface area contributed by atoms with Gasteiger partial charge in [0.05, 0.1) is 11.3 Å². The zero-order valence-corrected chi connectivity index (χ0v) is 15.2. The molecule has 1 aromatic heterocycles. The quantitative estimate of drug-likeness (QED) is 0.623. The van der Waals surface area contributed by atoms with Gasteiger partial charge in [0.15, 0.2) is 0 Å². The number of hydrogen-bond donors (Lipinski definition) is 3. The second-order valence-electron chi connectivity index (χ2n) is 7.01. The number of nitrogens with two attached hydrogens (primary N) is 1. The summed E-state index contributed by atoms with van der Waals surface area (Å²) in [5.41, 5.74) is 10.4. The normalized spacial score (nSPS) is 14.1. The lowest BCUT2D eigenvalue weighted by Crippen LogP contribution is -2.35. The number of aromatic hydroxyl groups is 1. The Bertz CT molecular complexity index is 1040. The van der Waals surface area contributed by atoms with Crippen LogP contribution in [0.15, 0.2) is 47.3 Å². The highest BCUT2D eigenvalue weighted by atomic mass is 16.3. The molecule has 3 aromatic rings. The van der Waals surface area contributed by atoms with Crippen molar-refractivity contribution in [2.75, 3.05) is 12.3 Å². The predicted octanol–water partition coefficient (Wildman–Crippen LogP) is 2.59. The first-order chi connectivity index (χ1) is 13.0.